The summed E-state index contributed by atoms with van der Waals surface area (Å²) in [6, 6.07) is 5.96. The first-order valence-electron chi connectivity index (χ1n) is 5.57. The van der Waals surface area contributed by atoms with Crippen molar-refractivity contribution < 1.29 is 4.74 Å². The van der Waals surface area contributed by atoms with Gasteiger partial charge < -0.3 is 9.30 Å². The van der Waals surface area contributed by atoms with E-state index in [1.165, 1.54) is 12.8 Å². The van der Waals surface area contributed by atoms with Crippen LogP contribution in [0, 0.1) is 11.3 Å². The normalized spacial score (nSPS) is 20.3. The molecule has 1 saturated heterocycles. The van der Waals surface area contributed by atoms with E-state index in [1.54, 1.807) is 0 Å². The van der Waals surface area contributed by atoms with Crippen LogP contribution in [0.3, 0.4) is 0 Å². The summed E-state index contributed by atoms with van der Waals surface area (Å²) in [7, 11) is 0. The van der Waals surface area contributed by atoms with Crippen molar-refractivity contribution in [3.8, 4) is 6.07 Å². The van der Waals surface area contributed by atoms with Gasteiger partial charge in [0.1, 0.15) is 11.8 Å². The van der Waals surface area contributed by atoms with E-state index < -0.39 is 0 Å². The molecule has 0 N–H and O–H groups in total. The Morgan fingerprint density at radius 3 is 3.27 bits per heavy atom. The summed E-state index contributed by atoms with van der Waals surface area (Å²) in [5, 5.41) is 8.82. The molecule has 1 atom stereocenters. The molecule has 1 aromatic rings. The van der Waals surface area contributed by atoms with Crippen LogP contribution < -0.4 is 0 Å². The van der Waals surface area contributed by atoms with Crippen LogP contribution >= 0.6 is 0 Å². The highest BCUT2D eigenvalue weighted by Crippen LogP contribution is 2.17. The summed E-state index contributed by atoms with van der Waals surface area (Å²) in [6.45, 7) is 1.85. The third kappa shape index (κ3) is 2.60. The van der Waals surface area contributed by atoms with E-state index in [2.05, 4.69) is 6.07 Å². The van der Waals surface area contributed by atoms with Crippen LogP contribution in [0.25, 0.3) is 0 Å². The van der Waals surface area contributed by atoms with Gasteiger partial charge in [0, 0.05) is 19.3 Å². The standard InChI is InChI=1S/C12H16N2O/c13-10-11-4-1-7-14(11)8-2-5-12-6-3-9-15-12/h1,4,7,12H,2-3,5-6,8-9H2. The lowest BCUT2D eigenvalue weighted by atomic mass is 10.1. The van der Waals surface area contributed by atoms with Gasteiger partial charge in [-0.2, -0.15) is 5.26 Å². The quantitative estimate of drug-likeness (QED) is 0.754. The van der Waals surface area contributed by atoms with Crippen molar-refractivity contribution in [1.82, 2.24) is 4.57 Å². The number of nitrogens with zero attached hydrogens (tertiary/aromatic N) is 2. The summed E-state index contributed by atoms with van der Waals surface area (Å²) in [5.74, 6) is 0. The predicted molar refractivity (Wildman–Crippen MR) is 57.4 cm³/mol. The Labute approximate surface area is 90.3 Å². The first-order chi connectivity index (χ1) is 7.40. The number of aromatic nitrogens is 1. The van der Waals surface area contributed by atoms with Crippen molar-refractivity contribution in [2.45, 2.75) is 38.3 Å². The Morgan fingerprint density at radius 2 is 2.53 bits per heavy atom. The molecule has 0 bridgehead atoms. The number of nitriles is 1. The van der Waals surface area contributed by atoms with Crippen molar-refractivity contribution >= 4 is 0 Å². The summed E-state index contributed by atoms with van der Waals surface area (Å²) >= 11 is 0. The molecule has 2 rings (SSSR count). The highest BCUT2D eigenvalue weighted by atomic mass is 16.5. The maximum atomic E-state index is 8.82. The maximum Gasteiger partial charge on any atom is 0.120 e. The molecule has 1 fully saturated rings. The Bertz CT molecular complexity index is 345. The lowest BCUT2D eigenvalue weighted by Gasteiger charge is -2.09. The van der Waals surface area contributed by atoms with E-state index in [0.29, 0.717) is 6.10 Å². The number of rotatable bonds is 4. The van der Waals surface area contributed by atoms with Crippen molar-refractivity contribution in [3.05, 3.63) is 24.0 Å². The maximum absolute atomic E-state index is 8.82. The largest absolute Gasteiger partial charge is 0.378 e. The SMILES string of the molecule is N#Cc1cccn1CCCC1CCCO1. The molecular weight excluding hydrogens is 188 g/mol. The zero-order valence-electron chi connectivity index (χ0n) is 8.85. The van der Waals surface area contributed by atoms with Crippen molar-refractivity contribution in [2.75, 3.05) is 6.61 Å². The number of hydrogen-bond acceptors (Lipinski definition) is 2. The van der Waals surface area contributed by atoms with Gasteiger partial charge in [0.25, 0.3) is 0 Å². The Balaban J connectivity index is 1.76. The molecule has 1 aliphatic rings. The summed E-state index contributed by atoms with van der Waals surface area (Å²) in [6.07, 6.45) is 7.05. The number of ether oxygens (including phenoxy) is 1. The van der Waals surface area contributed by atoms with E-state index in [0.717, 1.165) is 31.7 Å². The fourth-order valence-electron chi connectivity index (χ4n) is 2.07. The highest BCUT2D eigenvalue weighted by Gasteiger charge is 2.14. The van der Waals surface area contributed by atoms with E-state index in [9.17, 15) is 0 Å². The van der Waals surface area contributed by atoms with Gasteiger partial charge in [0.2, 0.25) is 0 Å². The van der Waals surface area contributed by atoms with Gasteiger partial charge in [-0.05, 0) is 37.8 Å². The molecule has 0 spiro atoms. The zero-order valence-corrected chi connectivity index (χ0v) is 8.85. The van der Waals surface area contributed by atoms with Crippen LogP contribution in [0.2, 0.25) is 0 Å². The second-order valence-corrected chi connectivity index (χ2v) is 3.98. The van der Waals surface area contributed by atoms with Crippen molar-refractivity contribution in [3.63, 3.8) is 0 Å². The van der Waals surface area contributed by atoms with Crippen molar-refractivity contribution in [2.24, 2.45) is 0 Å². The average Bonchev–Trinajstić information content (AvgIpc) is 2.88. The molecule has 0 radical (unpaired) electrons. The zero-order chi connectivity index (χ0) is 10.5. The molecule has 2 heterocycles. The Kier molecular flexibility index (Phi) is 3.41. The van der Waals surface area contributed by atoms with Crippen LogP contribution in [0.4, 0.5) is 0 Å². The van der Waals surface area contributed by atoms with Gasteiger partial charge in [0.15, 0.2) is 0 Å². The minimum Gasteiger partial charge on any atom is -0.378 e. The Morgan fingerprint density at radius 1 is 1.60 bits per heavy atom. The van der Waals surface area contributed by atoms with E-state index >= 15 is 0 Å². The molecule has 3 heteroatoms. The van der Waals surface area contributed by atoms with Gasteiger partial charge in [-0.15, -0.1) is 0 Å². The third-order valence-corrected chi connectivity index (χ3v) is 2.89. The summed E-state index contributed by atoms with van der Waals surface area (Å²) in [5.41, 5.74) is 0.752. The second-order valence-electron chi connectivity index (χ2n) is 3.98. The third-order valence-electron chi connectivity index (χ3n) is 2.89. The smallest absolute Gasteiger partial charge is 0.120 e. The molecule has 0 aliphatic carbocycles. The second kappa shape index (κ2) is 4.99. The van der Waals surface area contributed by atoms with Gasteiger partial charge in [-0.3, -0.25) is 0 Å². The highest BCUT2D eigenvalue weighted by molar-refractivity contribution is 5.21. The van der Waals surface area contributed by atoms with E-state index in [4.69, 9.17) is 10.00 Å². The lowest BCUT2D eigenvalue weighted by Crippen LogP contribution is -2.07. The molecule has 0 aromatic carbocycles. The minimum absolute atomic E-state index is 0.464. The minimum atomic E-state index is 0.464. The lowest BCUT2D eigenvalue weighted by molar-refractivity contribution is 0.101. The first kappa shape index (κ1) is 10.3. The fourth-order valence-corrected chi connectivity index (χ4v) is 2.07. The molecule has 0 saturated carbocycles. The molecule has 1 aromatic heterocycles. The van der Waals surface area contributed by atoms with E-state index in [1.807, 2.05) is 22.9 Å². The molecule has 1 unspecified atom stereocenters. The van der Waals surface area contributed by atoms with Crippen LogP contribution in [0.15, 0.2) is 18.3 Å². The fraction of sp³-hybridized carbons (Fsp3) is 0.583. The van der Waals surface area contributed by atoms with Crippen molar-refractivity contribution in [1.29, 1.82) is 5.26 Å². The van der Waals surface area contributed by atoms with Gasteiger partial charge in [0.05, 0.1) is 6.10 Å². The van der Waals surface area contributed by atoms with Gasteiger partial charge in [-0.1, -0.05) is 0 Å². The summed E-state index contributed by atoms with van der Waals surface area (Å²) < 4.78 is 7.56. The Hall–Kier alpha value is -1.27. The average molecular weight is 204 g/mol. The molecule has 80 valence electrons. The molecule has 15 heavy (non-hydrogen) atoms. The van der Waals surface area contributed by atoms with Crippen LogP contribution in [0.5, 0.6) is 0 Å². The molecule has 3 nitrogen and oxygen atoms in total. The monoisotopic (exact) mass is 204 g/mol. The molecule has 1 aliphatic heterocycles. The predicted octanol–water partition coefficient (Wildman–Crippen LogP) is 2.32. The van der Waals surface area contributed by atoms with Gasteiger partial charge in [-0.25, -0.2) is 0 Å². The first-order valence-corrected chi connectivity index (χ1v) is 5.57. The van der Waals surface area contributed by atoms with Crippen LogP contribution in [-0.2, 0) is 11.3 Å². The number of hydrogen-bond donors (Lipinski definition) is 0. The van der Waals surface area contributed by atoms with Gasteiger partial charge >= 0.3 is 0 Å². The topological polar surface area (TPSA) is 38.0 Å². The summed E-state index contributed by atoms with van der Waals surface area (Å²) in [4.78, 5) is 0. The molecular formula is C12H16N2O. The number of aryl methyl sites for hydroxylation is 1. The molecule has 0 amide bonds. The van der Waals surface area contributed by atoms with Crippen LogP contribution in [0.1, 0.15) is 31.4 Å². The van der Waals surface area contributed by atoms with E-state index in [-0.39, 0.29) is 0 Å². The van der Waals surface area contributed by atoms with Crippen LogP contribution in [-0.4, -0.2) is 17.3 Å².